The maximum absolute atomic E-state index is 9.31. The van der Waals surface area contributed by atoms with Crippen molar-refractivity contribution in [1.82, 2.24) is 0 Å². The van der Waals surface area contributed by atoms with Crippen molar-refractivity contribution in [2.45, 2.75) is 58.2 Å². The number of azide groups is 1. The van der Waals surface area contributed by atoms with Crippen molar-refractivity contribution in [3.63, 3.8) is 0 Å². The zero-order valence-electron chi connectivity index (χ0n) is 10.1. The van der Waals surface area contributed by atoms with Gasteiger partial charge in [0.2, 0.25) is 0 Å². The van der Waals surface area contributed by atoms with E-state index in [2.05, 4.69) is 16.9 Å². The molecule has 0 bridgehead atoms. The van der Waals surface area contributed by atoms with Gasteiger partial charge in [0.05, 0.1) is 0 Å². The van der Waals surface area contributed by atoms with Crippen LogP contribution < -0.4 is 0 Å². The van der Waals surface area contributed by atoms with E-state index in [9.17, 15) is 5.11 Å². The highest BCUT2D eigenvalue weighted by atomic mass is 16.6. The second kappa shape index (κ2) is 12.3. The summed E-state index contributed by atoms with van der Waals surface area (Å²) in [5, 5.41) is 12.6. The van der Waals surface area contributed by atoms with E-state index in [0.29, 0.717) is 13.0 Å². The average Bonchev–Trinajstić information content (AvgIpc) is 2.28. The molecule has 0 rings (SSSR count). The average molecular weight is 229 g/mol. The van der Waals surface area contributed by atoms with Crippen LogP contribution in [0.15, 0.2) is 5.11 Å². The molecular weight excluding hydrogens is 206 g/mol. The number of unbranched alkanes of at least 4 members (excludes halogenated alkanes) is 5. The Hall–Kier alpha value is -0.770. The highest BCUT2D eigenvalue weighted by Gasteiger charge is 2.01. The van der Waals surface area contributed by atoms with Gasteiger partial charge < -0.3 is 9.84 Å². The molecule has 16 heavy (non-hydrogen) atoms. The largest absolute Gasteiger partial charge is 0.368 e. The van der Waals surface area contributed by atoms with Gasteiger partial charge in [0.15, 0.2) is 6.29 Å². The van der Waals surface area contributed by atoms with Crippen molar-refractivity contribution >= 4 is 0 Å². The van der Waals surface area contributed by atoms with E-state index < -0.39 is 6.29 Å². The van der Waals surface area contributed by atoms with Gasteiger partial charge in [-0.2, -0.15) is 0 Å². The Labute approximate surface area is 97.4 Å². The molecule has 0 aromatic heterocycles. The van der Waals surface area contributed by atoms with Gasteiger partial charge in [-0.25, -0.2) is 0 Å². The summed E-state index contributed by atoms with van der Waals surface area (Å²) in [5.74, 6) is 0. The molecule has 1 atom stereocenters. The third kappa shape index (κ3) is 11.3. The van der Waals surface area contributed by atoms with E-state index in [-0.39, 0.29) is 6.54 Å². The van der Waals surface area contributed by atoms with Crippen molar-refractivity contribution in [3.05, 3.63) is 10.4 Å². The monoisotopic (exact) mass is 229 g/mol. The molecule has 0 saturated heterocycles. The molecule has 0 fully saturated rings. The van der Waals surface area contributed by atoms with Crippen LogP contribution in [0.3, 0.4) is 0 Å². The lowest BCUT2D eigenvalue weighted by Gasteiger charge is -2.10. The molecule has 1 unspecified atom stereocenters. The van der Waals surface area contributed by atoms with Crippen LogP contribution in [0, 0.1) is 0 Å². The first-order chi connectivity index (χ1) is 7.81. The summed E-state index contributed by atoms with van der Waals surface area (Å²) < 4.78 is 5.17. The fourth-order valence-electron chi connectivity index (χ4n) is 1.40. The number of aliphatic hydroxyl groups excluding tert-OH is 1. The number of ether oxygens (including phenoxy) is 1. The first-order valence-electron chi connectivity index (χ1n) is 6.11. The number of hydrogen-bond acceptors (Lipinski definition) is 3. The van der Waals surface area contributed by atoms with Crippen LogP contribution >= 0.6 is 0 Å². The first-order valence-corrected chi connectivity index (χ1v) is 6.11. The second-order valence-electron chi connectivity index (χ2n) is 3.84. The lowest BCUT2D eigenvalue weighted by molar-refractivity contribution is -0.102. The SMILES string of the molecule is CCCCCCCCOC(O)CCN=[N+]=[N-]. The Kier molecular flexibility index (Phi) is 11.7. The van der Waals surface area contributed by atoms with Crippen molar-refractivity contribution in [1.29, 1.82) is 0 Å². The normalized spacial score (nSPS) is 12.1. The molecule has 0 aromatic rings. The van der Waals surface area contributed by atoms with E-state index in [1.807, 2.05) is 0 Å². The fourth-order valence-corrected chi connectivity index (χ4v) is 1.40. The lowest BCUT2D eigenvalue weighted by Crippen LogP contribution is -2.13. The van der Waals surface area contributed by atoms with E-state index in [1.165, 1.54) is 25.7 Å². The standard InChI is InChI=1S/C11H23N3O2/c1-2-3-4-5-6-7-10-16-11(15)8-9-13-14-12/h11,15H,2-10H2,1H3. The number of aliphatic hydroxyl groups is 1. The highest BCUT2D eigenvalue weighted by Crippen LogP contribution is 2.05. The minimum atomic E-state index is -0.791. The van der Waals surface area contributed by atoms with Crippen molar-refractivity contribution in [3.8, 4) is 0 Å². The van der Waals surface area contributed by atoms with Crippen LogP contribution in [0.2, 0.25) is 0 Å². The predicted molar refractivity (Wildman–Crippen MR) is 64.0 cm³/mol. The van der Waals surface area contributed by atoms with Crippen LogP contribution in [0.25, 0.3) is 10.4 Å². The molecule has 0 aromatic carbocycles. The van der Waals surface area contributed by atoms with Crippen LogP contribution in [0.5, 0.6) is 0 Å². The molecule has 0 radical (unpaired) electrons. The molecule has 5 nitrogen and oxygen atoms in total. The summed E-state index contributed by atoms with van der Waals surface area (Å²) in [4.78, 5) is 2.60. The second-order valence-corrected chi connectivity index (χ2v) is 3.84. The Balaban J connectivity index is 3.14. The van der Waals surface area contributed by atoms with Gasteiger partial charge in [0.25, 0.3) is 0 Å². The third-order valence-corrected chi connectivity index (χ3v) is 2.35. The summed E-state index contributed by atoms with van der Waals surface area (Å²) in [5.41, 5.74) is 8.03. The van der Waals surface area contributed by atoms with E-state index >= 15 is 0 Å². The zero-order chi connectivity index (χ0) is 12.1. The minimum absolute atomic E-state index is 0.286. The van der Waals surface area contributed by atoms with Crippen LogP contribution in [0.1, 0.15) is 51.9 Å². The number of rotatable bonds is 11. The van der Waals surface area contributed by atoms with E-state index in [0.717, 1.165) is 12.8 Å². The van der Waals surface area contributed by atoms with Gasteiger partial charge >= 0.3 is 0 Å². The van der Waals surface area contributed by atoms with E-state index in [1.54, 1.807) is 0 Å². The number of nitrogens with zero attached hydrogens (tertiary/aromatic N) is 3. The molecule has 0 heterocycles. The van der Waals surface area contributed by atoms with Crippen LogP contribution in [0.4, 0.5) is 0 Å². The highest BCUT2D eigenvalue weighted by molar-refractivity contribution is 4.50. The smallest absolute Gasteiger partial charge is 0.154 e. The van der Waals surface area contributed by atoms with Gasteiger partial charge in [-0.1, -0.05) is 44.1 Å². The Morgan fingerprint density at radius 2 is 1.94 bits per heavy atom. The summed E-state index contributed by atoms with van der Waals surface area (Å²) in [6, 6.07) is 0. The van der Waals surface area contributed by atoms with Crippen molar-refractivity contribution < 1.29 is 9.84 Å². The summed E-state index contributed by atoms with van der Waals surface area (Å²) in [6.45, 7) is 3.07. The van der Waals surface area contributed by atoms with Crippen molar-refractivity contribution in [2.75, 3.05) is 13.2 Å². The molecule has 0 aliphatic heterocycles. The lowest BCUT2D eigenvalue weighted by atomic mass is 10.1. The molecular formula is C11H23N3O2. The Bertz CT molecular complexity index is 194. The summed E-state index contributed by atoms with van der Waals surface area (Å²) in [6.07, 6.45) is 6.82. The number of hydrogen-bond donors (Lipinski definition) is 1. The molecule has 0 saturated carbocycles. The quantitative estimate of drug-likeness (QED) is 0.194. The van der Waals surface area contributed by atoms with Gasteiger partial charge in [-0.15, -0.1) is 0 Å². The maximum Gasteiger partial charge on any atom is 0.154 e. The molecule has 5 heteroatoms. The van der Waals surface area contributed by atoms with Gasteiger partial charge in [-0.05, 0) is 12.0 Å². The van der Waals surface area contributed by atoms with Crippen molar-refractivity contribution in [2.24, 2.45) is 5.11 Å². The summed E-state index contributed by atoms with van der Waals surface area (Å²) >= 11 is 0. The molecule has 1 N–H and O–H groups in total. The van der Waals surface area contributed by atoms with Crippen LogP contribution in [-0.4, -0.2) is 24.5 Å². The molecule has 0 aliphatic carbocycles. The molecule has 94 valence electrons. The first kappa shape index (κ1) is 15.2. The third-order valence-electron chi connectivity index (χ3n) is 2.35. The zero-order valence-corrected chi connectivity index (χ0v) is 10.1. The molecule has 0 amide bonds. The Morgan fingerprint density at radius 1 is 1.25 bits per heavy atom. The summed E-state index contributed by atoms with van der Waals surface area (Å²) in [7, 11) is 0. The maximum atomic E-state index is 9.31. The predicted octanol–water partition coefficient (Wildman–Crippen LogP) is 3.38. The Morgan fingerprint density at radius 3 is 2.62 bits per heavy atom. The fraction of sp³-hybridized carbons (Fsp3) is 1.00. The van der Waals surface area contributed by atoms with Crippen LogP contribution in [-0.2, 0) is 4.74 Å². The topological polar surface area (TPSA) is 78.2 Å². The van der Waals surface area contributed by atoms with Gasteiger partial charge in [0.1, 0.15) is 0 Å². The molecule has 0 aliphatic rings. The minimum Gasteiger partial charge on any atom is -0.368 e. The van der Waals surface area contributed by atoms with Gasteiger partial charge in [0, 0.05) is 24.5 Å². The van der Waals surface area contributed by atoms with E-state index in [4.69, 9.17) is 10.3 Å². The van der Waals surface area contributed by atoms with Gasteiger partial charge in [-0.3, -0.25) is 0 Å². The molecule has 0 spiro atoms.